The highest BCUT2D eigenvalue weighted by Gasteiger charge is 2.20. The molecule has 1 aliphatic heterocycles. The van der Waals surface area contributed by atoms with Gasteiger partial charge in [0.25, 0.3) is 0 Å². The Morgan fingerprint density at radius 1 is 1.07 bits per heavy atom. The largest absolute Gasteiger partial charge is 0.369 e. The van der Waals surface area contributed by atoms with Gasteiger partial charge in [-0.1, -0.05) is 25.4 Å². The summed E-state index contributed by atoms with van der Waals surface area (Å²) in [5.74, 6) is 0.634. The SMILES string of the molecule is CC(C)Cc1cc(CNCCN2CCN(c3ccc(Cl)cc3)CC2)nn1C(C)(C)C. The number of halogens is 1. The van der Waals surface area contributed by atoms with Gasteiger partial charge in [-0.05, 0) is 63.4 Å². The summed E-state index contributed by atoms with van der Waals surface area (Å²) in [6, 6.07) is 10.5. The minimum atomic E-state index is 0.0201. The number of hydrogen-bond acceptors (Lipinski definition) is 4. The summed E-state index contributed by atoms with van der Waals surface area (Å²) in [4.78, 5) is 4.98. The van der Waals surface area contributed by atoms with E-state index in [4.69, 9.17) is 16.7 Å². The first kappa shape index (κ1) is 23.1. The van der Waals surface area contributed by atoms with E-state index in [0.29, 0.717) is 5.92 Å². The molecule has 1 N–H and O–H groups in total. The molecule has 0 bridgehead atoms. The van der Waals surface area contributed by atoms with Gasteiger partial charge in [-0.25, -0.2) is 0 Å². The Kier molecular flexibility index (Phi) is 7.83. The first-order valence-corrected chi connectivity index (χ1v) is 11.6. The summed E-state index contributed by atoms with van der Waals surface area (Å²) < 4.78 is 2.21. The van der Waals surface area contributed by atoms with E-state index in [9.17, 15) is 0 Å². The third-order valence-corrected chi connectivity index (χ3v) is 5.81. The van der Waals surface area contributed by atoms with Crippen LogP contribution in [-0.4, -0.2) is 53.9 Å². The van der Waals surface area contributed by atoms with E-state index in [2.05, 4.69) is 72.6 Å². The van der Waals surface area contributed by atoms with Crippen molar-refractivity contribution in [3.05, 3.63) is 46.7 Å². The van der Waals surface area contributed by atoms with Gasteiger partial charge in [-0.15, -0.1) is 0 Å². The molecule has 0 atom stereocenters. The van der Waals surface area contributed by atoms with Crippen LogP contribution in [0.15, 0.2) is 30.3 Å². The van der Waals surface area contributed by atoms with E-state index in [0.717, 1.165) is 63.0 Å². The van der Waals surface area contributed by atoms with Gasteiger partial charge in [0, 0.05) is 62.2 Å². The molecule has 0 saturated carbocycles. The molecular weight excluding hydrogens is 394 g/mol. The number of nitrogens with one attached hydrogen (secondary N) is 1. The Hall–Kier alpha value is -1.56. The minimum absolute atomic E-state index is 0.0201. The van der Waals surface area contributed by atoms with Gasteiger partial charge in [0.05, 0.1) is 11.2 Å². The number of rotatable bonds is 8. The second-order valence-corrected chi connectivity index (χ2v) is 10.2. The summed E-state index contributed by atoms with van der Waals surface area (Å²) in [5, 5.41) is 9.29. The van der Waals surface area contributed by atoms with Crippen LogP contribution in [-0.2, 0) is 18.5 Å². The summed E-state index contributed by atoms with van der Waals surface area (Å²) >= 11 is 6.00. The van der Waals surface area contributed by atoms with Crippen LogP contribution in [0.3, 0.4) is 0 Å². The fourth-order valence-corrected chi connectivity index (χ4v) is 4.17. The second kappa shape index (κ2) is 10.2. The smallest absolute Gasteiger partial charge is 0.0765 e. The van der Waals surface area contributed by atoms with Crippen molar-refractivity contribution in [3.63, 3.8) is 0 Å². The number of nitrogens with zero attached hydrogens (tertiary/aromatic N) is 4. The molecule has 1 aliphatic rings. The highest BCUT2D eigenvalue weighted by Crippen LogP contribution is 2.21. The lowest BCUT2D eigenvalue weighted by atomic mass is 10.0. The van der Waals surface area contributed by atoms with Crippen LogP contribution in [0.1, 0.15) is 46.0 Å². The average Bonchev–Trinajstić information content (AvgIpc) is 3.09. The van der Waals surface area contributed by atoms with Crippen LogP contribution in [0.2, 0.25) is 5.02 Å². The molecule has 2 aromatic rings. The number of aromatic nitrogens is 2. The van der Waals surface area contributed by atoms with Gasteiger partial charge in [-0.2, -0.15) is 5.10 Å². The van der Waals surface area contributed by atoms with Crippen LogP contribution in [0.25, 0.3) is 0 Å². The summed E-state index contributed by atoms with van der Waals surface area (Å²) in [6.07, 6.45) is 1.07. The fourth-order valence-electron chi connectivity index (χ4n) is 4.04. The van der Waals surface area contributed by atoms with Crippen molar-refractivity contribution in [1.82, 2.24) is 20.0 Å². The average molecular weight is 432 g/mol. The number of anilines is 1. The summed E-state index contributed by atoms with van der Waals surface area (Å²) in [6.45, 7) is 18.4. The maximum absolute atomic E-state index is 6.00. The lowest BCUT2D eigenvalue weighted by Crippen LogP contribution is -2.48. The molecule has 1 saturated heterocycles. The molecule has 1 aromatic carbocycles. The maximum atomic E-state index is 6.00. The van der Waals surface area contributed by atoms with Gasteiger partial charge in [0.2, 0.25) is 0 Å². The van der Waals surface area contributed by atoms with E-state index in [-0.39, 0.29) is 5.54 Å². The third-order valence-electron chi connectivity index (χ3n) is 5.56. The zero-order valence-corrected chi connectivity index (χ0v) is 20.0. The normalized spacial score (nSPS) is 15.9. The predicted octanol–water partition coefficient (Wildman–Crippen LogP) is 4.40. The van der Waals surface area contributed by atoms with Crippen molar-refractivity contribution >= 4 is 17.3 Å². The Morgan fingerprint density at radius 2 is 1.73 bits per heavy atom. The van der Waals surface area contributed by atoms with Crippen molar-refractivity contribution in [2.75, 3.05) is 44.2 Å². The number of piperazine rings is 1. The van der Waals surface area contributed by atoms with E-state index in [1.807, 2.05) is 12.1 Å². The molecule has 2 heterocycles. The molecule has 0 radical (unpaired) electrons. The highest BCUT2D eigenvalue weighted by atomic mass is 35.5. The molecule has 1 aromatic heterocycles. The zero-order chi connectivity index (χ0) is 21.7. The van der Waals surface area contributed by atoms with Crippen molar-refractivity contribution in [1.29, 1.82) is 0 Å². The molecule has 5 nitrogen and oxygen atoms in total. The van der Waals surface area contributed by atoms with Gasteiger partial charge in [0.15, 0.2) is 0 Å². The Balaban J connectivity index is 1.42. The zero-order valence-electron chi connectivity index (χ0n) is 19.3. The van der Waals surface area contributed by atoms with Crippen LogP contribution < -0.4 is 10.2 Å². The molecule has 0 aliphatic carbocycles. The van der Waals surface area contributed by atoms with Crippen LogP contribution >= 0.6 is 11.6 Å². The second-order valence-electron chi connectivity index (χ2n) is 9.79. The van der Waals surface area contributed by atoms with Crippen molar-refractivity contribution in [2.45, 2.75) is 53.1 Å². The van der Waals surface area contributed by atoms with Crippen molar-refractivity contribution in [3.8, 4) is 0 Å². The molecule has 0 amide bonds. The molecule has 6 heteroatoms. The highest BCUT2D eigenvalue weighted by molar-refractivity contribution is 6.30. The van der Waals surface area contributed by atoms with Crippen LogP contribution in [0, 0.1) is 5.92 Å². The topological polar surface area (TPSA) is 36.3 Å². The van der Waals surface area contributed by atoms with Crippen LogP contribution in [0.4, 0.5) is 5.69 Å². The first-order chi connectivity index (χ1) is 14.2. The lowest BCUT2D eigenvalue weighted by Gasteiger charge is -2.36. The monoisotopic (exact) mass is 431 g/mol. The number of hydrogen-bond donors (Lipinski definition) is 1. The van der Waals surface area contributed by atoms with Crippen molar-refractivity contribution in [2.24, 2.45) is 5.92 Å². The predicted molar refractivity (Wildman–Crippen MR) is 128 cm³/mol. The first-order valence-electron chi connectivity index (χ1n) is 11.2. The molecule has 1 fully saturated rings. The quantitative estimate of drug-likeness (QED) is 0.628. The standard InChI is InChI=1S/C24H38ClN5/c1-19(2)16-23-17-21(27-30(23)24(3,4)5)18-26-10-11-28-12-14-29(15-13-28)22-8-6-20(25)7-9-22/h6-9,17,19,26H,10-16,18H2,1-5H3. The van der Waals surface area contributed by atoms with E-state index in [1.165, 1.54) is 11.4 Å². The lowest BCUT2D eigenvalue weighted by molar-refractivity contribution is 0.257. The Morgan fingerprint density at radius 3 is 2.33 bits per heavy atom. The molecule has 3 rings (SSSR count). The third kappa shape index (κ3) is 6.47. The van der Waals surface area contributed by atoms with Crippen LogP contribution in [0.5, 0.6) is 0 Å². The molecule has 166 valence electrons. The fraction of sp³-hybridized carbons (Fsp3) is 0.625. The Labute approximate surface area is 187 Å². The number of benzene rings is 1. The van der Waals surface area contributed by atoms with Crippen molar-refractivity contribution < 1.29 is 0 Å². The summed E-state index contributed by atoms with van der Waals surface area (Å²) in [5.41, 5.74) is 3.77. The van der Waals surface area contributed by atoms with Gasteiger partial charge in [0.1, 0.15) is 0 Å². The summed E-state index contributed by atoms with van der Waals surface area (Å²) in [7, 11) is 0. The van der Waals surface area contributed by atoms with Gasteiger partial charge < -0.3 is 10.2 Å². The molecular formula is C24H38ClN5. The van der Waals surface area contributed by atoms with E-state index < -0.39 is 0 Å². The van der Waals surface area contributed by atoms with E-state index >= 15 is 0 Å². The minimum Gasteiger partial charge on any atom is -0.369 e. The Bertz CT molecular complexity index is 783. The van der Waals surface area contributed by atoms with E-state index in [1.54, 1.807) is 0 Å². The molecule has 30 heavy (non-hydrogen) atoms. The molecule has 0 spiro atoms. The maximum Gasteiger partial charge on any atom is 0.0765 e. The van der Waals surface area contributed by atoms with Gasteiger partial charge >= 0.3 is 0 Å². The molecule has 0 unspecified atom stereocenters. The van der Waals surface area contributed by atoms with Gasteiger partial charge in [-0.3, -0.25) is 9.58 Å².